The van der Waals surface area contributed by atoms with Gasteiger partial charge >= 0.3 is 11.9 Å². The summed E-state index contributed by atoms with van der Waals surface area (Å²) in [5, 5.41) is 4.28. The summed E-state index contributed by atoms with van der Waals surface area (Å²) in [6.45, 7) is 12.3. The second-order valence-corrected chi connectivity index (χ2v) is 9.61. The summed E-state index contributed by atoms with van der Waals surface area (Å²) in [5.41, 5.74) is 6.17. The fourth-order valence-electron chi connectivity index (χ4n) is 4.62. The maximum atomic E-state index is 11.4. The van der Waals surface area contributed by atoms with Gasteiger partial charge < -0.3 is 19.0 Å². The summed E-state index contributed by atoms with van der Waals surface area (Å²) in [7, 11) is 0. The number of esters is 2. The molecule has 204 valence electrons. The van der Waals surface area contributed by atoms with Gasteiger partial charge in [-0.05, 0) is 37.0 Å². The molecule has 1 aromatic heterocycles. The Morgan fingerprint density at radius 3 is 2.68 bits per heavy atom. The molecule has 3 rings (SSSR count). The first-order valence-corrected chi connectivity index (χ1v) is 13.3. The summed E-state index contributed by atoms with van der Waals surface area (Å²) in [5.74, 6) is -0.828. The summed E-state index contributed by atoms with van der Waals surface area (Å²) < 4.78 is 16.3. The van der Waals surface area contributed by atoms with Crippen LogP contribution in [-0.2, 0) is 54.4 Å². The Kier molecular flexibility index (Phi) is 11.1. The van der Waals surface area contributed by atoms with E-state index in [9.17, 15) is 9.59 Å². The Labute approximate surface area is 220 Å². The van der Waals surface area contributed by atoms with Crippen molar-refractivity contribution in [3.05, 3.63) is 40.7 Å². The third kappa shape index (κ3) is 8.93. The van der Waals surface area contributed by atoms with Crippen molar-refractivity contribution in [2.24, 2.45) is 5.16 Å². The summed E-state index contributed by atoms with van der Waals surface area (Å²) >= 11 is 0. The Hall–Kier alpha value is -2.78. The molecule has 2 aliphatic rings. The van der Waals surface area contributed by atoms with Crippen molar-refractivity contribution in [2.45, 2.75) is 91.6 Å². The molecule has 1 aromatic rings. The highest BCUT2D eigenvalue weighted by Crippen LogP contribution is 2.22. The van der Waals surface area contributed by atoms with Gasteiger partial charge in [0.1, 0.15) is 25.4 Å². The monoisotopic (exact) mass is 515 g/mol. The van der Waals surface area contributed by atoms with Gasteiger partial charge in [-0.1, -0.05) is 31.1 Å². The highest BCUT2D eigenvalue weighted by Gasteiger charge is 2.30. The van der Waals surface area contributed by atoms with Crippen molar-refractivity contribution in [2.75, 3.05) is 26.3 Å². The average Bonchev–Trinajstić information content (AvgIpc) is 2.88. The number of rotatable bonds is 12. The van der Waals surface area contributed by atoms with Crippen LogP contribution in [0.3, 0.4) is 0 Å². The molecule has 9 heteroatoms. The second kappa shape index (κ2) is 14.2. The Morgan fingerprint density at radius 1 is 1.16 bits per heavy atom. The van der Waals surface area contributed by atoms with Crippen LogP contribution < -0.4 is 0 Å². The lowest BCUT2D eigenvalue weighted by Crippen LogP contribution is -2.41. The van der Waals surface area contributed by atoms with Gasteiger partial charge in [-0.25, -0.2) is 0 Å². The normalized spacial score (nSPS) is 21.9. The first-order valence-electron chi connectivity index (χ1n) is 13.3. The first kappa shape index (κ1) is 28.8. The van der Waals surface area contributed by atoms with Crippen LogP contribution in [-0.4, -0.2) is 72.1 Å². The molecule has 0 N–H and O–H groups in total. The highest BCUT2D eigenvalue weighted by molar-refractivity contribution is 5.81. The lowest BCUT2D eigenvalue weighted by molar-refractivity contribution is -0.164. The lowest BCUT2D eigenvalue weighted by Gasteiger charge is -2.31. The number of oxime groups is 1. The largest absolute Gasteiger partial charge is 0.463 e. The Morgan fingerprint density at radius 2 is 1.97 bits per heavy atom. The van der Waals surface area contributed by atoms with E-state index in [4.69, 9.17) is 24.0 Å². The minimum Gasteiger partial charge on any atom is -0.463 e. The number of carbonyl (C=O) groups is 2. The zero-order chi connectivity index (χ0) is 26.8. The Bertz CT molecular complexity index is 992. The van der Waals surface area contributed by atoms with Gasteiger partial charge in [0.2, 0.25) is 0 Å². The number of aromatic nitrogens is 1. The van der Waals surface area contributed by atoms with Gasteiger partial charge in [-0.3, -0.25) is 19.5 Å². The van der Waals surface area contributed by atoms with Crippen LogP contribution in [0.4, 0.5) is 0 Å². The number of hydrogen-bond donors (Lipinski definition) is 0. The van der Waals surface area contributed by atoms with Crippen molar-refractivity contribution < 1.29 is 28.6 Å². The first-order chi connectivity index (χ1) is 17.8. The van der Waals surface area contributed by atoms with E-state index in [2.05, 4.69) is 30.0 Å². The van der Waals surface area contributed by atoms with E-state index in [1.54, 1.807) is 6.08 Å². The van der Waals surface area contributed by atoms with Crippen LogP contribution in [0.15, 0.2) is 23.4 Å². The summed E-state index contributed by atoms with van der Waals surface area (Å²) in [6, 6.07) is 2.35. The van der Waals surface area contributed by atoms with Gasteiger partial charge in [0.15, 0.2) is 0 Å². The van der Waals surface area contributed by atoms with E-state index >= 15 is 0 Å². The molecule has 0 saturated carbocycles. The number of fused-ring (bicyclic) bond motifs is 1. The van der Waals surface area contributed by atoms with Crippen molar-refractivity contribution in [1.29, 1.82) is 0 Å². The number of hydrogen-bond acceptors (Lipinski definition) is 9. The molecule has 0 unspecified atom stereocenters. The molecule has 0 saturated heterocycles. The molecule has 0 aliphatic carbocycles. The van der Waals surface area contributed by atoms with Gasteiger partial charge in [0, 0.05) is 64.1 Å². The maximum Gasteiger partial charge on any atom is 0.303 e. The summed E-state index contributed by atoms with van der Waals surface area (Å²) in [6.07, 6.45) is 6.64. The Balaban J connectivity index is 1.42. The van der Waals surface area contributed by atoms with Crippen LogP contribution >= 0.6 is 0 Å². The number of pyridine rings is 1. The molecule has 0 aromatic carbocycles. The molecular formula is C28H41N3O6. The molecule has 9 nitrogen and oxygen atoms in total. The number of carbonyl (C=O) groups excluding carboxylic acids is 2. The molecular weight excluding hydrogens is 474 g/mol. The molecule has 0 radical (unpaired) electrons. The number of aryl methyl sites for hydroxylation is 2. The SMILES string of the molecule is CCc1cc2c(nc1CC)CCN(CCC(C)=NOCC[C@@H]1C=C[C@H](OC(C)=O)[C@@H](COC(C)=O)O1)C2. The number of nitrogens with zero attached hydrogens (tertiary/aromatic N) is 3. The van der Waals surface area contributed by atoms with Crippen molar-refractivity contribution in [1.82, 2.24) is 9.88 Å². The zero-order valence-electron chi connectivity index (χ0n) is 22.8. The van der Waals surface area contributed by atoms with Crippen LogP contribution in [0, 0.1) is 0 Å². The molecule has 3 atom stereocenters. The standard InChI is InChI=1S/C28H41N3O6/c1-6-22-16-23-17-31(14-11-26(23)29-25(22)7-2)13-10-19(3)30-35-15-12-24-8-9-27(36-21(5)33)28(37-24)18-34-20(4)32/h8-9,16,24,27-28H,6-7,10-15,17-18H2,1-5H3/t24-,27-,28+/m0/s1. The van der Waals surface area contributed by atoms with Crippen molar-refractivity contribution >= 4 is 17.7 Å². The smallest absolute Gasteiger partial charge is 0.303 e. The predicted molar refractivity (Wildman–Crippen MR) is 140 cm³/mol. The van der Waals surface area contributed by atoms with E-state index < -0.39 is 24.1 Å². The minimum atomic E-state index is -0.589. The lowest BCUT2D eigenvalue weighted by atomic mass is 9.99. The topological polar surface area (TPSA) is 99.6 Å². The minimum absolute atomic E-state index is 0.0167. The fourth-order valence-corrected chi connectivity index (χ4v) is 4.62. The second-order valence-electron chi connectivity index (χ2n) is 9.61. The molecule has 37 heavy (non-hydrogen) atoms. The highest BCUT2D eigenvalue weighted by atomic mass is 16.6. The third-order valence-electron chi connectivity index (χ3n) is 6.62. The van der Waals surface area contributed by atoms with Gasteiger partial charge in [-0.15, -0.1) is 0 Å². The van der Waals surface area contributed by atoms with E-state index in [0.717, 1.165) is 51.0 Å². The van der Waals surface area contributed by atoms with Crippen LogP contribution in [0.5, 0.6) is 0 Å². The average molecular weight is 516 g/mol. The van der Waals surface area contributed by atoms with Crippen molar-refractivity contribution in [3.63, 3.8) is 0 Å². The molecule has 0 amide bonds. The molecule has 3 heterocycles. The predicted octanol–water partition coefficient (Wildman–Crippen LogP) is 3.56. The molecule has 0 bridgehead atoms. The van der Waals surface area contributed by atoms with E-state index in [-0.39, 0.29) is 12.7 Å². The van der Waals surface area contributed by atoms with E-state index in [0.29, 0.717) is 13.0 Å². The van der Waals surface area contributed by atoms with Crippen LogP contribution in [0.25, 0.3) is 0 Å². The quantitative estimate of drug-likeness (QED) is 0.137. The molecule has 0 fully saturated rings. The van der Waals surface area contributed by atoms with Gasteiger partial charge in [0.05, 0.1) is 11.8 Å². The van der Waals surface area contributed by atoms with Crippen LogP contribution in [0.2, 0.25) is 0 Å². The molecule has 2 aliphatic heterocycles. The van der Waals surface area contributed by atoms with Crippen molar-refractivity contribution in [3.8, 4) is 0 Å². The maximum absolute atomic E-state index is 11.4. The third-order valence-corrected chi connectivity index (χ3v) is 6.62. The molecule has 0 spiro atoms. The summed E-state index contributed by atoms with van der Waals surface area (Å²) in [4.78, 5) is 35.5. The van der Waals surface area contributed by atoms with E-state index in [1.807, 2.05) is 13.0 Å². The zero-order valence-corrected chi connectivity index (χ0v) is 22.8. The fraction of sp³-hybridized carbons (Fsp3) is 0.643. The number of ether oxygens (including phenoxy) is 3. The van der Waals surface area contributed by atoms with Crippen LogP contribution in [0.1, 0.15) is 70.0 Å². The van der Waals surface area contributed by atoms with Gasteiger partial charge in [-0.2, -0.15) is 0 Å². The van der Waals surface area contributed by atoms with E-state index in [1.165, 1.54) is 36.4 Å². The van der Waals surface area contributed by atoms with Gasteiger partial charge in [0.25, 0.3) is 0 Å².